The first-order chi connectivity index (χ1) is 15.6. The molecule has 7 nitrogen and oxygen atoms in total. The van der Waals surface area contributed by atoms with E-state index in [2.05, 4.69) is 15.1 Å². The van der Waals surface area contributed by atoms with Gasteiger partial charge in [-0.05, 0) is 36.4 Å². The fourth-order valence-electron chi connectivity index (χ4n) is 3.79. The summed E-state index contributed by atoms with van der Waals surface area (Å²) >= 11 is 5.94. The molecule has 1 fully saturated rings. The Labute approximate surface area is 188 Å². The predicted octanol–water partition coefficient (Wildman–Crippen LogP) is 3.87. The van der Waals surface area contributed by atoms with Crippen molar-refractivity contribution in [2.75, 3.05) is 31.1 Å². The third-order valence-corrected chi connectivity index (χ3v) is 5.81. The second-order valence-corrected chi connectivity index (χ2v) is 7.98. The van der Waals surface area contributed by atoms with Crippen LogP contribution in [0, 0.1) is 0 Å². The van der Waals surface area contributed by atoms with Gasteiger partial charge >= 0.3 is 5.63 Å². The lowest BCUT2D eigenvalue weighted by molar-refractivity contribution is 0.0742. The predicted molar refractivity (Wildman–Crippen MR) is 123 cm³/mol. The first-order valence-electron chi connectivity index (χ1n) is 10.3. The van der Waals surface area contributed by atoms with E-state index >= 15 is 0 Å². The maximum absolute atomic E-state index is 12.9. The Bertz CT molecular complexity index is 1330. The SMILES string of the molecule is O=C(c1cc2ccccc2oc1=O)N1CCN(c2ccc(-c3ccc(Cl)cc3)nn2)CC1. The largest absolute Gasteiger partial charge is 0.422 e. The molecule has 2 aromatic heterocycles. The lowest BCUT2D eigenvalue weighted by atomic mass is 10.1. The second kappa shape index (κ2) is 8.43. The van der Waals surface area contributed by atoms with Crippen molar-refractivity contribution >= 4 is 34.3 Å². The van der Waals surface area contributed by atoms with Crippen LogP contribution in [0.2, 0.25) is 5.02 Å². The van der Waals surface area contributed by atoms with E-state index in [1.165, 1.54) is 0 Å². The molecule has 0 spiro atoms. The summed E-state index contributed by atoms with van der Waals surface area (Å²) in [6.45, 7) is 2.15. The smallest absolute Gasteiger partial charge is 0.349 e. The van der Waals surface area contributed by atoms with Gasteiger partial charge in [-0.1, -0.05) is 41.9 Å². The molecule has 1 aliphatic rings. The number of carbonyl (C=O) groups is 1. The number of hydrogen-bond donors (Lipinski definition) is 0. The molecular weight excluding hydrogens is 428 g/mol. The van der Waals surface area contributed by atoms with Crippen molar-refractivity contribution < 1.29 is 9.21 Å². The Morgan fingerprint density at radius 1 is 0.906 bits per heavy atom. The normalized spacial score (nSPS) is 14.0. The highest BCUT2D eigenvalue weighted by Gasteiger charge is 2.25. The fourth-order valence-corrected chi connectivity index (χ4v) is 3.91. The molecule has 8 heteroatoms. The van der Waals surface area contributed by atoms with Crippen LogP contribution < -0.4 is 10.5 Å². The molecule has 1 amide bonds. The molecular formula is C24H19ClN4O3. The van der Waals surface area contributed by atoms with Crippen molar-refractivity contribution in [3.63, 3.8) is 0 Å². The summed E-state index contributed by atoms with van der Waals surface area (Å²) < 4.78 is 5.31. The van der Waals surface area contributed by atoms with E-state index in [9.17, 15) is 9.59 Å². The summed E-state index contributed by atoms with van der Waals surface area (Å²) in [7, 11) is 0. The van der Waals surface area contributed by atoms with Gasteiger partial charge in [0.1, 0.15) is 11.1 Å². The summed E-state index contributed by atoms with van der Waals surface area (Å²) in [6, 6.07) is 20.1. The number of aromatic nitrogens is 2. The van der Waals surface area contributed by atoms with Crippen LogP contribution in [0.4, 0.5) is 5.82 Å². The van der Waals surface area contributed by atoms with E-state index in [1.807, 2.05) is 48.5 Å². The minimum Gasteiger partial charge on any atom is -0.422 e. The van der Waals surface area contributed by atoms with Gasteiger partial charge in [0.15, 0.2) is 5.82 Å². The van der Waals surface area contributed by atoms with Crippen LogP contribution >= 0.6 is 11.6 Å². The Morgan fingerprint density at radius 2 is 1.66 bits per heavy atom. The molecule has 0 radical (unpaired) electrons. The quantitative estimate of drug-likeness (QED) is 0.444. The Kier molecular flexibility index (Phi) is 5.33. The summed E-state index contributed by atoms with van der Waals surface area (Å²) in [5, 5.41) is 10.1. The first kappa shape index (κ1) is 20.2. The van der Waals surface area contributed by atoms with Crippen molar-refractivity contribution in [2.24, 2.45) is 0 Å². The summed E-state index contributed by atoms with van der Waals surface area (Å²) in [4.78, 5) is 29.0. The third kappa shape index (κ3) is 3.94. The van der Waals surface area contributed by atoms with Gasteiger partial charge in [0.05, 0.1) is 5.69 Å². The van der Waals surface area contributed by atoms with E-state index < -0.39 is 5.63 Å². The molecule has 2 aromatic carbocycles. The lowest BCUT2D eigenvalue weighted by Crippen LogP contribution is -2.49. The Balaban J connectivity index is 1.27. The molecule has 160 valence electrons. The molecule has 0 unspecified atom stereocenters. The van der Waals surface area contributed by atoms with Crippen LogP contribution in [0.25, 0.3) is 22.2 Å². The standard InChI is InChI=1S/C24H19ClN4O3/c25-18-7-5-16(6-8-18)20-9-10-22(27-26-20)28-11-13-29(14-12-28)23(30)19-15-17-3-1-2-4-21(17)32-24(19)31/h1-10,15H,11-14H2. The average molecular weight is 447 g/mol. The van der Waals surface area contributed by atoms with E-state index in [1.54, 1.807) is 23.1 Å². The summed E-state index contributed by atoms with van der Waals surface area (Å²) in [5.41, 5.74) is 1.63. The topological polar surface area (TPSA) is 79.5 Å². The third-order valence-electron chi connectivity index (χ3n) is 5.55. The number of halogens is 1. The number of fused-ring (bicyclic) bond motifs is 1. The first-order valence-corrected chi connectivity index (χ1v) is 10.6. The number of anilines is 1. The van der Waals surface area contributed by atoms with Gasteiger partial charge in [-0.3, -0.25) is 4.79 Å². The Hall–Kier alpha value is -3.71. The van der Waals surface area contributed by atoms with Gasteiger partial charge in [-0.2, -0.15) is 0 Å². The van der Waals surface area contributed by atoms with Crippen LogP contribution in [0.5, 0.6) is 0 Å². The van der Waals surface area contributed by atoms with E-state index in [0.717, 1.165) is 22.5 Å². The minimum absolute atomic E-state index is 0.0595. The number of piperazine rings is 1. The number of carbonyl (C=O) groups excluding carboxylic acids is 1. The van der Waals surface area contributed by atoms with E-state index in [4.69, 9.17) is 16.0 Å². The van der Waals surface area contributed by atoms with Gasteiger partial charge in [0.25, 0.3) is 5.91 Å². The van der Waals surface area contributed by atoms with Gasteiger partial charge in [0.2, 0.25) is 0 Å². The molecule has 0 atom stereocenters. The minimum atomic E-state index is -0.611. The number of hydrogen-bond acceptors (Lipinski definition) is 6. The highest BCUT2D eigenvalue weighted by molar-refractivity contribution is 6.30. The number of benzene rings is 2. The Morgan fingerprint density at radius 3 is 2.38 bits per heavy atom. The van der Waals surface area contributed by atoms with Crippen LogP contribution in [0.15, 0.2) is 75.9 Å². The van der Waals surface area contributed by atoms with Gasteiger partial charge < -0.3 is 14.2 Å². The van der Waals surface area contributed by atoms with Crippen LogP contribution in [0.3, 0.4) is 0 Å². The van der Waals surface area contributed by atoms with Crippen molar-refractivity contribution in [2.45, 2.75) is 0 Å². The molecule has 4 aromatic rings. The number of para-hydroxylation sites is 1. The van der Waals surface area contributed by atoms with Gasteiger partial charge in [-0.25, -0.2) is 4.79 Å². The maximum Gasteiger partial charge on any atom is 0.349 e. The zero-order chi connectivity index (χ0) is 22.1. The number of amides is 1. The summed E-state index contributed by atoms with van der Waals surface area (Å²) in [6.07, 6.45) is 0. The van der Waals surface area contributed by atoms with Crippen LogP contribution in [0.1, 0.15) is 10.4 Å². The zero-order valence-electron chi connectivity index (χ0n) is 17.1. The van der Waals surface area contributed by atoms with Crippen molar-refractivity contribution in [3.8, 4) is 11.3 Å². The van der Waals surface area contributed by atoms with Crippen LogP contribution in [-0.2, 0) is 0 Å². The lowest BCUT2D eigenvalue weighted by Gasteiger charge is -2.35. The number of rotatable bonds is 3. The van der Waals surface area contributed by atoms with Crippen molar-refractivity contribution in [1.29, 1.82) is 0 Å². The van der Waals surface area contributed by atoms with Gasteiger partial charge in [0, 0.05) is 42.2 Å². The van der Waals surface area contributed by atoms with Crippen LogP contribution in [-0.4, -0.2) is 47.2 Å². The molecule has 1 aliphatic heterocycles. The molecule has 32 heavy (non-hydrogen) atoms. The number of nitrogens with zero attached hydrogens (tertiary/aromatic N) is 4. The monoisotopic (exact) mass is 446 g/mol. The molecule has 3 heterocycles. The van der Waals surface area contributed by atoms with E-state index in [-0.39, 0.29) is 11.5 Å². The van der Waals surface area contributed by atoms with Crippen molar-refractivity contribution in [1.82, 2.24) is 15.1 Å². The molecule has 5 rings (SSSR count). The zero-order valence-corrected chi connectivity index (χ0v) is 17.8. The van der Waals surface area contributed by atoms with E-state index in [0.29, 0.717) is 36.8 Å². The van der Waals surface area contributed by atoms with Crippen molar-refractivity contribution in [3.05, 3.63) is 87.7 Å². The highest BCUT2D eigenvalue weighted by Crippen LogP contribution is 2.22. The van der Waals surface area contributed by atoms with Gasteiger partial charge in [-0.15, -0.1) is 10.2 Å². The average Bonchev–Trinajstić information content (AvgIpc) is 2.84. The molecule has 1 saturated heterocycles. The maximum atomic E-state index is 12.9. The highest BCUT2D eigenvalue weighted by atomic mass is 35.5. The molecule has 0 saturated carbocycles. The second-order valence-electron chi connectivity index (χ2n) is 7.55. The summed E-state index contributed by atoms with van der Waals surface area (Å²) in [5.74, 6) is 0.438. The molecule has 0 N–H and O–H groups in total. The molecule has 0 bridgehead atoms. The fraction of sp³-hybridized carbons (Fsp3) is 0.167. The molecule has 0 aliphatic carbocycles.